The zero-order valence-electron chi connectivity index (χ0n) is 11.1. The first-order valence-electron chi connectivity index (χ1n) is 6.58. The number of hydrogen-bond donors (Lipinski definition) is 2. The number of carbonyl (C=O) groups is 1. The number of rotatable bonds is 5. The molecule has 2 rings (SSSR count). The predicted molar refractivity (Wildman–Crippen MR) is 68.6 cm³/mol. The van der Waals surface area contributed by atoms with Gasteiger partial charge in [-0.05, 0) is 39.2 Å². The Morgan fingerprint density at radius 1 is 1.56 bits per heavy atom. The van der Waals surface area contributed by atoms with Gasteiger partial charge in [-0.3, -0.25) is 4.79 Å². The van der Waals surface area contributed by atoms with Crippen molar-refractivity contribution < 1.29 is 9.90 Å². The Bertz CT molecular complexity index is 441. The highest BCUT2D eigenvalue weighted by Crippen LogP contribution is 2.21. The number of carboxylic acid groups (broad SMARTS) is 1. The van der Waals surface area contributed by atoms with E-state index in [9.17, 15) is 9.90 Å². The van der Waals surface area contributed by atoms with Crippen LogP contribution in [0.2, 0.25) is 0 Å². The van der Waals surface area contributed by atoms with Crippen LogP contribution in [0.25, 0.3) is 0 Å². The van der Waals surface area contributed by atoms with E-state index < -0.39 is 11.5 Å². The van der Waals surface area contributed by atoms with Crippen molar-refractivity contribution >= 4 is 5.97 Å². The molecule has 0 radical (unpaired) electrons. The Labute approximate surface area is 107 Å². The first-order chi connectivity index (χ1) is 8.57. The van der Waals surface area contributed by atoms with Crippen LogP contribution < -0.4 is 5.32 Å². The van der Waals surface area contributed by atoms with Gasteiger partial charge in [-0.1, -0.05) is 6.92 Å². The highest BCUT2D eigenvalue weighted by molar-refractivity contribution is 5.78. The van der Waals surface area contributed by atoms with E-state index in [1.54, 1.807) is 13.3 Å². The van der Waals surface area contributed by atoms with Gasteiger partial charge >= 0.3 is 5.97 Å². The summed E-state index contributed by atoms with van der Waals surface area (Å²) in [5, 5.41) is 12.4. The van der Waals surface area contributed by atoms with Gasteiger partial charge in [0.2, 0.25) is 0 Å². The summed E-state index contributed by atoms with van der Waals surface area (Å²) in [4.78, 5) is 15.8. The lowest BCUT2D eigenvalue weighted by Gasteiger charge is -2.27. The van der Waals surface area contributed by atoms with E-state index in [0.29, 0.717) is 13.1 Å². The number of fused-ring (bicyclic) bond motifs is 1. The molecule has 1 heterocycles. The monoisotopic (exact) mass is 251 g/mol. The minimum absolute atomic E-state index is 0.429. The predicted octanol–water partition coefficient (Wildman–Crippen LogP) is 1.21. The third kappa shape index (κ3) is 2.41. The van der Waals surface area contributed by atoms with E-state index in [-0.39, 0.29) is 0 Å². The van der Waals surface area contributed by atoms with Crippen molar-refractivity contribution in [2.75, 3.05) is 6.54 Å². The molecule has 0 spiro atoms. The molecule has 0 aliphatic heterocycles. The van der Waals surface area contributed by atoms with Crippen LogP contribution in [0.4, 0.5) is 0 Å². The van der Waals surface area contributed by atoms with Crippen molar-refractivity contribution in [1.82, 2.24) is 14.9 Å². The lowest BCUT2D eigenvalue weighted by atomic mass is 9.99. The third-order valence-corrected chi connectivity index (χ3v) is 3.64. The van der Waals surface area contributed by atoms with E-state index in [1.165, 1.54) is 18.5 Å². The number of nitrogens with zero attached hydrogens (tertiary/aromatic N) is 2. The molecule has 0 saturated heterocycles. The number of imidazole rings is 1. The largest absolute Gasteiger partial charge is 0.480 e. The molecule has 1 aromatic heterocycles. The second-order valence-corrected chi connectivity index (χ2v) is 5.14. The molecule has 1 unspecified atom stereocenters. The molecule has 1 aliphatic carbocycles. The zero-order chi connectivity index (χ0) is 13.2. The first kappa shape index (κ1) is 13.1. The maximum atomic E-state index is 11.4. The molecule has 1 aromatic rings. The van der Waals surface area contributed by atoms with Gasteiger partial charge in [0.15, 0.2) is 0 Å². The molecule has 0 bridgehead atoms. The summed E-state index contributed by atoms with van der Waals surface area (Å²) in [5.41, 5.74) is 1.43. The molecule has 1 atom stereocenters. The Kier molecular flexibility index (Phi) is 3.71. The number of carboxylic acids is 1. The molecule has 100 valence electrons. The van der Waals surface area contributed by atoms with Gasteiger partial charge in [-0.2, -0.15) is 0 Å². The van der Waals surface area contributed by atoms with Crippen LogP contribution in [0.3, 0.4) is 0 Å². The Morgan fingerprint density at radius 2 is 2.28 bits per heavy atom. The van der Waals surface area contributed by atoms with Crippen molar-refractivity contribution in [2.45, 2.75) is 51.6 Å². The second-order valence-electron chi connectivity index (χ2n) is 5.14. The number of nitrogens with one attached hydrogen (secondary N) is 1. The second kappa shape index (κ2) is 5.10. The van der Waals surface area contributed by atoms with Crippen molar-refractivity contribution in [3.05, 3.63) is 17.7 Å². The number of aryl methyl sites for hydroxylation is 1. The smallest absolute Gasteiger partial charge is 0.325 e. The molecule has 18 heavy (non-hydrogen) atoms. The van der Waals surface area contributed by atoms with Gasteiger partial charge in [0.1, 0.15) is 5.54 Å². The Morgan fingerprint density at radius 3 is 2.94 bits per heavy atom. The maximum absolute atomic E-state index is 11.4. The van der Waals surface area contributed by atoms with Gasteiger partial charge in [0.05, 0.1) is 18.6 Å². The average molecular weight is 251 g/mol. The molecule has 0 fully saturated rings. The van der Waals surface area contributed by atoms with Crippen LogP contribution in [-0.2, 0) is 24.2 Å². The normalized spacial score (nSPS) is 18.1. The summed E-state index contributed by atoms with van der Waals surface area (Å²) >= 11 is 0. The quantitative estimate of drug-likeness (QED) is 0.825. The molecule has 5 heteroatoms. The number of likely N-dealkylation sites (N-methyl/N-ethyl adjacent to an activating group) is 1. The number of aliphatic carboxylic acids is 1. The van der Waals surface area contributed by atoms with Crippen molar-refractivity contribution in [1.29, 1.82) is 0 Å². The maximum Gasteiger partial charge on any atom is 0.325 e. The summed E-state index contributed by atoms with van der Waals surface area (Å²) in [6, 6.07) is 0. The fraction of sp³-hybridized carbons (Fsp3) is 0.692. The minimum Gasteiger partial charge on any atom is -0.480 e. The number of aromatic nitrogens is 2. The fourth-order valence-corrected chi connectivity index (χ4v) is 2.60. The van der Waals surface area contributed by atoms with Crippen molar-refractivity contribution in [2.24, 2.45) is 0 Å². The first-order valence-corrected chi connectivity index (χ1v) is 6.58. The highest BCUT2D eigenvalue weighted by Gasteiger charge is 2.33. The zero-order valence-corrected chi connectivity index (χ0v) is 11.1. The molecule has 2 N–H and O–H groups in total. The van der Waals surface area contributed by atoms with Crippen molar-refractivity contribution in [3.63, 3.8) is 0 Å². The molecular weight excluding hydrogens is 230 g/mol. The highest BCUT2D eigenvalue weighted by atomic mass is 16.4. The summed E-state index contributed by atoms with van der Waals surface area (Å²) in [6.07, 6.45) is 6.18. The minimum atomic E-state index is -0.930. The summed E-state index contributed by atoms with van der Waals surface area (Å²) < 4.78 is 2.01. The van der Waals surface area contributed by atoms with Gasteiger partial charge in [0, 0.05) is 5.69 Å². The van der Waals surface area contributed by atoms with E-state index >= 15 is 0 Å². The Balaban J connectivity index is 2.21. The van der Waals surface area contributed by atoms with Gasteiger partial charge in [-0.25, -0.2) is 4.98 Å². The van der Waals surface area contributed by atoms with Crippen LogP contribution >= 0.6 is 0 Å². The Hall–Kier alpha value is -1.36. The van der Waals surface area contributed by atoms with Gasteiger partial charge < -0.3 is 15.0 Å². The number of hydrogen-bond acceptors (Lipinski definition) is 3. The molecule has 0 aromatic carbocycles. The van der Waals surface area contributed by atoms with Gasteiger partial charge in [-0.15, -0.1) is 0 Å². The van der Waals surface area contributed by atoms with Crippen LogP contribution in [0.15, 0.2) is 6.33 Å². The lowest BCUT2D eigenvalue weighted by molar-refractivity contribution is -0.144. The molecule has 0 saturated carbocycles. The van der Waals surface area contributed by atoms with E-state index in [1.807, 2.05) is 11.5 Å². The summed E-state index contributed by atoms with van der Waals surface area (Å²) in [5.74, 6) is -0.817. The molecule has 5 nitrogen and oxygen atoms in total. The topological polar surface area (TPSA) is 67.2 Å². The lowest BCUT2D eigenvalue weighted by Crippen LogP contribution is -2.52. The summed E-state index contributed by atoms with van der Waals surface area (Å²) in [6.45, 7) is 4.72. The van der Waals surface area contributed by atoms with Gasteiger partial charge in [0.25, 0.3) is 0 Å². The average Bonchev–Trinajstić information content (AvgIpc) is 2.73. The molecule has 0 amide bonds. The van der Waals surface area contributed by atoms with Crippen LogP contribution in [-0.4, -0.2) is 32.7 Å². The van der Waals surface area contributed by atoms with Crippen LogP contribution in [0.1, 0.15) is 38.1 Å². The third-order valence-electron chi connectivity index (χ3n) is 3.64. The fourth-order valence-electron chi connectivity index (χ4n) is 2.60. The van der Waals surface area contributed by atoms with Crippen LogP contribution in [0.5, 0.6) is 0 Å². The molecular formula is C13H21N3O2. The van der Waals surface area contributed by atoms with E-state index in [4.69, 9.17) is 0 Å². The molecule has 1 aliphatic rings. The SMILES string of the molecule is CCNC(C)(Cn1cnc2c1CCCC2)C(=O)O. The standard InChI is InChI=1S/C13H21N3O2/c1-3-15-13(2,12(17)18)8-16-9-14-10-6-4-5-7-11(10)16/h9,15H,3-8H2,1-2H3,(H,17,18). The van der Waals surface area contributed by atoms with E-state index in [0.717, 1.165) is 18.5 Å². The van der Waals surface area contributed by atoms with Crippen LogP contribution in [0, 0.1) is 0 Å². The van der Waals surface area contributed by atoms with E-state index in [2.05, 4.69) is 10.3 Å². The van der Waals surface area contributed by atoms with Crippen molar-refractivity contribution in [3.8, 4) is 0 Å². The summed E-state index contributed by atoms with van der Waals surface area (Å²) in [7, 11) is 0.